The normalized spacial score (nSPS) is 25.1. The molecule has 0 bridgehead atoms. The molecule has 4 heteroatoms. The predicted molar refractivity (Wildman–Crippen MR) is 84.9 cm³/mol. The number of phenols is 1. The quantitative estimate of drug-likeness (QED) is 0.916. The van der Waals surface area contributed by atoms with Gasteiger partial charge in [0.2, 0.25) is 0 Å². The van der Waals surface area contributed by atoms with E-state index >= 15 is 0 Å². The van der Waals surface area contributed by atoms with Crippen molar-refractivity contribution in [2.24, 2.45) is 0 Å². The van der Waals surface area contributed by atoms with Gasteiger partial charge in [-0.15, -0.1) is 0 Å². The molecule has 110 valence electrons. The summed E-state index contributed by atoms with van der Waals surface area (Å²) in [5, 5.41) is 9.62. The Hall–Kier alpha value is -0.580. The molecule has 2 heterocycles. The summed E-state index contributed by atoms with van der Waals surface area (Å²) < 4.78 is 1.09. The molecule has 0 radical (unpaired) electrons. The average Bonchev–Trinajstić information content (AvgIpc) is 2.92. The molecule has 2 aliphatic heterocycles. The van der Waals surface area contributed by atoms with Crippen molar-refractivity contribution in [2.45, 2.75) is 38.3 Å². The summed E-state index contributed by atoms with van der Waals surface area (Å²) in [5.41, 5.74) is 1.18. The third-order valence-corrected chi connectivity index (χ3v) is 5.35. The molecule has 3 rings (SSSR count). The molecule has 0 spiro atoms. The van der Waals surface area contributed by atoms with Crippen molar-refractivity contribution in [3.63, 3.8) is 0 Å². The van der Waals surface area contributed by atoms with Crippen molar-refractivity contribution in [3.8, 4) is 5.75 Å². The molecule has 0 aromatic heterocycles. The lowest BCUT2D eigenvalue weighted by Crippen LogP contribution is -2.40. The Morgan fingerprint density at radius 2 is 1.95 bits per heavy atom. The summed E-state index contributed by atoms with van der Waals surface area (Å²) >= 11 is 3.58. The van der Waals surface area contributed by atoms with Crippen LogP contribution >= 0.6 is 15.9 Å². The zero-order valence-corrected chi connectivity index (χ0v) is 13.5. The van der Waals surface area contributed by atoms with Gasteiger partial charge in [-0.25, -0.2) is 0 Å². The minimum Gasteiger partial charge on any atom is -0.508 e. The van der Waals surface area contributed by atoms with Crippen LogP contribution in [0.15, 0.2) is 22.7 Å². The molecule has 3 nitrogen and oxygen atoms in total. The molecular formula is C16H23BrN2O. The number of benzene rings is 1. The standard InChI is InChI=1S/C16H23BrN2O/c17-16-5-4-15(20)10-13(16)11-18-9-6-14(12-18)19-7-2-1-3-8-19/h4-5,10,14,20H,1-3,6-9,11-12H2. The minimum absolute atomic E-state index is 0.356. The number of aromatic hydroxyl groups is 1. The van der Waals surface area contributed by atoms with E-state index in [-0.39, 0.29) is 0 Å². The van der Waals surface area contributed by atoms with Gasteiger partial charge in [0.05, 0.1) is 0 Å². The van der Waals surface area contributed by atoms with Crippen LogP contribution in [0, 0.1) is 0 Å². The van der Waals surface area contributed by atoms with E-state index in [1.54, 1.807) is 6.07 Å². The van der Waals surface area contributed by atoms with Crippen LogP contribution < -0.4 is 0 Å². The third kappa shape index (κ3) is 3.35. The first kappa shape index (κ1) is 14.4. The molecule has 1 N–H and O–H groups in total. The van der Waals surface area contributed by atoms with Crippen LogP contribution in [0.25, 0.3) is 0 Å². The minimum atomic E-state index is 0.356. The van der Waals surface area contributed by atoms with Crippen LogP contribution in [0.5, 0.6) is 5.75 Å². The van der Waals surface area contributed by atoms with Crippen molar-refractivity contribution in [2.75, 3.05) is 26.2 Å². The first-order chi connectivity index (χ1) is 9.72. The predicted octanol–water partition coefficient (Wildman–Crippen LogP) is 3.21. The van der Waals surface area contributed by atoms with Gasteiger partial charge in [-0.2, -0.15) is 0 Å². The van der Waals surface area contributed by atoms with Gasteiger partial charge in [-0.1, -0.05) is 22.4 Å². The Labute approximate surface area is 129 Å². The Morgan fingerprint density at radius 3 is 2.75 bits per heavy atom. The fourth-order valence-corrected chi connectivity index (χ4v) is 3.83. The molecule has 0 amide bonds. The lowest BCUT2D eigenvalue weighted by molar-refractivity contribution is 0.161. The summed E-state index contributed by atoms with van der Waals surface area (Å²) in [6, 6.07) is 6.28. The monoisotopic (exact) mass is 338 g/mol. The van der Waals surface area contributed by atoms with E-state index in [0.29, 0.717) is 5.75 Å². The second-order valence-corrected chi connectivity index (χ2v) is 6.90. The van der Waals surface area contributed by atoms with Gasteiger partial charge in [0.15, 0.2) is 0 Å². The zero-order chi connectivity index (χ0) is 13.9. The first-order valence-corrected chi connectivity index (χ1v) is 8.45. The van der Waals surface area contributed by atoms with Crippen molar-refractivity contribution in [1.29, 1.82) is 0 Å². The van der Waals surface area contributed by atoms with Crippen molar-refractivity contribution < 1.29 is 5.11 Å². The van der Waals surface area contributed by atoms with E-state index in [4.69, 9.17) is 0 Å². The van der Waals surface area contributed by atoms with Crippen LogP contribution in [0.2, 0.25) is 0 Å². The lowest BCUT2D eigenvalue weighted by atomic mass is 10.1. The van der Waals surface area contributed by atoms with Crippen molar-refractivity contribution >= 4 is 15.9 Å². The average molecular weight is 339 g/mol. The maximum Gasteiger partial charge on any atom is 0.115 e. The molecule has 2 fully saturated rings. The van der Waals surface area contributed by atoms with Crippen molar-refractivity contribution in [1.82, 2.24) is 9.80 Å². The number of phenolic OH excluding ortho intramolecular Hbond substituents is 1. The van der Waals surface area contributed by atoms with Gasteiger partial charge in [0.25, 0.3) is 0 Å². The van der Waals surface area contributed by atoms with E-state index < -0.39 is 0 Å². The largest absolute Gasteiger partial charge is 0.508 e. The molecule has 0 saturated carbocycles. The van der Waals surface area contributed by atoms with Gasteiger partial charge in [0.1, 0.15) is 5.75 Å². The lowest BCUT2D eigenvalue weighted by Gasteiger charge is -2.32. The molecule has 1 aromatic carbocycles. The van der Waals surface area contributed by atoms with Gasteiger partial charge < -0.3 is 5.11 Å². The maximum atomic E-state index is 9.62. The highest BCUT2D eigenvalue weighted by atomic mass is 79.9. The zero-order valence-electron chi connectivity index (χ0n) is 11.9. The number of hydrogen-bond donors (Lipinski definition) is 1. The van der Waals surface area contributed by atoms with Gasteiger partial charge in [-0.3, -0.25) is 9.80 Å². The molecular weight excluding hydrogens is 316 g/mol. The fraction of sp³-hybridized carbons (Fsp3) is 0.625. The SMILES string of the molecule is Oc1ccc(Br)c(CN2CCC(N3CCCCC3)C2)c1. The summed E-state index contributed by atoms with van der Waals surface area (Å²) in [4.78, 5) is 5.19. The van der Waals surface area contributed by atoms with Crippen LogP contribution in [0.3, 0.4) is 0 Å². The van der Waals surface area contributed by atoms with E-state index in [0.717, 1.165) is 17.1 Å². The number of nitrogens with zero attached hydrogens (tertiary/aromatic N) is 2. The summed E-state index contributed by atoms with van der Waals surface area (Å²) in [5.74, 6) is 0.356. The Morgan fingerprint density at radius 1 is 1.15 bits per heavy atom. The van der Waals surface area contributed by atoms with Crippen LogP contribution in [0.4, 0.5) is 0 Å². The Balaban J connectivity index is 1.58. The van der Waals surface area contributed by atoms with E-state index in [9.17, 15) is 5.11 Å². The highest BCUT2D eigenvalue weighted by molar-refractivity contribution is 9.10. The van der Waals surface area contributed by atoms with Crippen LogP contribution in [-0.2, 0) is 6.54 Å². The second kappa shape index (κ2) is 6.46. The second-order valence-electron chi connectivity index (χ2n) is 6.05. The molecule has 1 unspecified atom stereocenters. The van der Waals surface area contributed by atoms with Crippen LogP contribution in [-0.4, -0.2) is 47.1 Å². The third-order valence-electron chi connectivity index (χ3n) is 4.58. The summed E-state index contributed by atoms with van der Waals surface area (Å²) in [7, 11) is 0. The van der Waals surface area contributed by atoms with E-state index in [2.05, 4.69) is 25.7 Å². The number of piperidine rings is 1. The van der Waals surface area contributed by atoms with Crippen molar-refractivity contribution in [3.05, 3.63) is 28.2 Å². The van der Waals surface area contributed by atoms with Gasteiger partial charge in [0, 0.05) is 30.1 Å². The topological polar surface area (TPSA) is 26.7 Å². The smallest absolute Gasteiger partial charge is 0.115 e. The maximum absolute atomic E-state index is 9.62. The van der Waals surface area contributed by atoms with Gasteiger partial charge in [-0.05, 0) is 56.1 Å². The molecule has 1 aromatic rings. The Bertz CT molecular complexity index is 460. The number of hydrogen-bond acceptors (Lipinski definition) is 3. The van der Waals surface area contributed by atoms with Crippen LogP contribution in [0.1, 0.15) is 31.2 Å². The molecule has 2 aliphatic rings. The Kier molecular flexibility index (Phi) is 4.64. The van der Waals surface area contributed by atoms with E-state index in [1.807, 2.05) is 12.1 Å². The number of rotatable bonds is 3. The highest BCUT2D eigenvalue weighted by Crippen LogP contribution is 2.26. The van der Waals surface area contributed by atoms with E-state index in [1.165, 1.54) is 57.4 Å². The van der Waals surface area contributed by atoms with Gasteiger partial charge >= 0.3 is 0 Å². The summed E-state index contributed by atoms with van der Waals surface area (Å²) in [6.45, 7) is 5.84. The molecule has 20 heavy (non-hydrogen) atoms. The fourth-order valence-electron chi connectivity index (χ4n) is 3.46. The molecule has 2 saturated heterocycles. The highest BCUT2D eigenvalue weighted by Gasteiger charge is 2.28. The first-order valence-electron chi connectivity index (χ1n) is 7.66. The number of halogens is 1. The summed E-state index contributed by atoms with van der Waals surface area (Å²) in [6.07, 6.45) is 5.43. The number of likely N-dealkylation sites (tertiary alicyclic amines) is 2. The molecule has 0 aliphatic carbocycles. The molecule has 1 atom stereocenters.